The molecule has 8 heteroatoms. The Morgan fingerprint density at radius 3 is 2.00 bits per heavy atom. The normalized spacial score (nSPS) is 11.5. The summed E-state index contributed by atoms with van der Waals surface area (Å²) >= 11 is 11.8. The number of esters is 1. The Labute approximate surface area is 160 Å². The fraction of sp³-hybridized carbons (Fsp3) is 0.111. The molecule has 6 nitrogen and oxygen atoms in total. The summed E-state index contributed by atoms with van der Waals surface area (Å²) in [6, 6.07) is 13.2. The van der Waals surface area contributed by atoms with E-state index >= 15 is 0 Å². The van der Waals surface area contributed by atoms with Crippen LogP contribution in [0.2, 0.25) is 10.0 Å². The molecule has 132 valence electrons. The van der Waals surface area contributed by atoms with Crippen LogP contribution in [0.3, 0.4) is 0 Å². The standard InChI is InChI=1S/C18H14Cl2N4O2/c1-11-12(2)24(23-21-11)22-17(13-3-7-15(19)8-4-13)26-18(25)14-5-9-16(20)10-6-14/h3-10H,1-2H3. The molecule has 0 aliphatic heterocycles. The number of aryl methyl sites for hydroxylation is 1. The van der Waals surface area contributed by atoms with Gasteiger partial charge in [-0.1, -0.05) is 23.2 Å². The van der Waals surface area contributed by atoms with E-state index in [9.17, 15) is 4.79 Å². The van der Waals surface area contributed by atoms with Gasteiger partial charge in [-0.05, 0) is 67.6 Å². The van der Waals surface area contributed by atoms with Crippen LogP contribution in [0.5, 0.6) is 0 Å². The maximum Gasteiger partial charge on any atom is 0.344 e. The minimum absolute atomic E-state index is 0.0783. The average Bonchev–Trinajstić information content (AvgIpc) is 2.94. The van der Waals surface area contributed by atoms with Crippen molar-refractivity contribution < 1.29 is 9.53 Å². The van der Waals surface area contributed by atoms with Gasteiger partial charge in [0.15, 0.2) is 0 Å². The summed E-state index contributed by atoms with van der Waals surface area (Å²) in [5.74, 6) is -0.487. The lowest BCUT2D eigenvalue weighted by Gasteiger charge is -2.08. The van der Waals surface area contributed by atoms with Crippen molar-refractivity contribution >= 4 is 35.1 Å². The third-order valence-corrected chi connectivity index (χ3v) is 4.15. The molecule has 0 spiro atoms. The number of halogens is 2. The van der Waals surface area contributed by atoms with Gasteiger partial charge in [0.2, 0.25) is 5.90 Å². The molecule has 1 aromatic heterocycles. The molecule has 26 heavy (non-hydrogen) atoms. The van der Waals surface area contributed by atoms with Crippen molar-refractivity contribution in [2.45, 2.75) is 13.8 Å². The second-order valence-electron chi connectivity index (χ2n) is 5.46. The van der Waals surface area contributed by atoms with Crippen molar-refractivity contribution in [3.63, 3.8) is 0 Å². The summed E-state index contributed by atoms with van der Waals surface area (Å²) in [5.41, 5.74) is 2.39. The summed E-state index contributed by atoms with van der Waals surface area (Å²) in [6.07, 6.45) is 0. The third-order valence-electron chi connectivity index (χ3n) is 3.65. The molecule has 3 aromatic rings. The molecule has 0 radical (unpaired) electrons. The summed E-state index contributed by atoms with van der Waals surface area (Å²) in [4.78, 5) is 13.8. The second-order valence-corrected chi connectivity index (χ2v) is 6.33. The van der Waals surface area contributed by atoms with Crippen molar-refractivity contribution in [3.05, 3.63) is 81.1 Å². The van der Waals surface area contributed by atoms with Crippen LogP contribution in [-0.2, 0) is 4.74 Å². The van der Waals surface area contributed by atoms with E-state index in [2.05, 4.69) is 15.4 Å². The van der Waals surface area contributed by atoms with Gasteiger partial charge in [0.1, 0.15) is 0 Å². The van der Waals surface area contributed by atoms with Gasteiger partial charge in [-0.15, -0.1) is 15.0 Å². The van der Waals surface area contributed by atoms with Gasteiger partial charge in [-0.25, -0.2) is 4.79 Å². The van der Waals surface area contributed by atoms with E-state index < -0.39 is 5.97 Å². The highest BCUT2D eigenvalue weighted by Crippen LogP contribution is 2.15. The predicted molar refractivity (Wildman–Crippen MR) is 99.8 cm³/mol. The molecule has 3 rings (SSSR count). The first-order valence-corrected chi connectivity index (χ1v) is 8.41. The Hall–Kier alpha value is -2.70. The van der Waals surface area contributed by atoms with E-state index in [0.717, 1.165) is 11.4 Å². The fourth-order valence-corrected chi connectivity index (χ4v) is 2.29. The van der Waals surface area contributed by atoms with Gasteiger partial charge in [0, 0.05) is 15.6 Å². The van der Waals surface area contributed by atoms with Crippen LogP contribution in [0.25, 0.3) is 0 Å². The van der Waals surface area contributed by atoms with Crippen molar-refractivity contribution in [3.8, 4) is 0 Å². The summed E-state index contributed by atoms with van der Waals surface area (Å²) in [7, 11) is 0. The Kier molecular flexibility index (Phi) is 5.35. The molecule has 0 N–H and O–H groups in total. The molecule has 0 amide bonds. The molecule has 2 aromatic carbocycles. The summed E-state index contributed by atoms with van der Waals surface area (Å²) < 4.78 is 5.51. The first kappa shape index (κ1) is 18.1. The number of carbonyl (C=O) groups excluding carboxylic acids is 1. The summed E-state index contributed by atoms with van der Waals surface area (Å²) in [6.45, 7) is 3.63. The molecular formula is C18H14Cl2N4O2. The van der Waals surface area contributed by atoms with E-state index in [-0.39, 0.29) is 5.90 Å². The topological polar surface area (TPSA) is 69.4 Å². The number of benzene rings is 2. The van der Waals surface area contributed by atoms with Crippen LogP contribution in [0.1, 0.15) is 27.3 Å². The Bertz CT molecular complexity index is 964. The van der Waals surface area contributed by atoms with Crippen molar-refractivity contribution in [1.29, 1.82) is 0 Å². The largest absolute Gasteiger partial charge is 0.402 e. The number of ether oxygens (including phenoxy) is 1. The smallest absolute Gasteiger partial charge is 0.344 e. The lowest BCUT2D eigenvalue weighted by molar-refractivity contribution is 0.0716. The van der Waals surface area contributed by atoms with Gasteiger partial charge >= 0.3 is 5.97 Å². The molecule has 0 unspecified atom stereocenters. The summed E-state index contributed by atoms with van der Waals surface area (Å²) in [5, 5.41) is 13.3. The minimum Gasteiger partial charge on any atom is -0.402 e. The highest BCUT2D eigenvalue weighted by atomic mass is 35.5. The number of hydrogen-bond acceptors (Lipinski definition) is 5. The third kappa shape index (κ3) is 4.09. The maximum absolute atomic E-state index is 12.5. The average molecular weight is 389 g/mol. The first-order valence-electron chi connectivity index (χ1n) is 7.65. The van der Waals surface area contributed by atoms with Crippen LogP contribution >= 0.6 is 23.2 Å². The zero-order valence-corrected chi connectivity index (χ0v) is 15.5. The van der Waals surface area contributed by atoms with E-state index in [1.165, 1.54) is 4.79 Å². The molecule has 0 saturated heterocycles. The fourth-order valence-electron chi connectivity index (χ4n) is 2.04. The van der Waals surface area contributed by atoms with Crippen LogP contribution < -0.4 is 0 Å². The van der Waals surface area contributed by atoms with E-state index in [0.29, 0.717) is 21.2 Å². The minimum atomic E-state index is -0.565. The van der Waals surface area contributed by atoms with Gasteiger partial charge in [0.25, 0.3) is 0 Å². The SMILES string of the molecule is Cc1nnn(N=C(OC(=O)c2ccc(Cl)cc2)c2ccc(Cl)cc2)c1C. The highest BCUT2D eigenvalue weighted by molar-refractivity contribution is 6.31. The monoisotopic (exact) mass is 388 g/mol. The second kappa shape index (κ2) is 7.68. The van der Waals surface area contributed by atoms with Crippen LogP contribution in [0, 0.1) is 13.8 Å². The van der Waals surface area contributed by atoms with Gasteiger partial charge in [0.05, 0.1) is 17.0 Å². The van der Waals surface area contributed by atoms with E-state index in [4.69, 9.17) is 27.9 Å². The Morgan fingerprint density at radius 2 is 1.50 bits per heavy atom. The Balaban J connectivity index is 1.97. The molecule has 0 saturated carbocycles. The predicted octanol–water partition coefficient (Wildman–Crippen LogP) is 4.27. The number of aromatic nitrogens is 3. The quantitative estimate of drug-likeness (QED) is 0.381. The number of rotatable bonds is 3. The highest BCUT2D eigenvalue weighted by Gasteiger charge is 2.15. The first-order chi connectivity index (χ1) is 12.4. The van der Waals surface area contributed by atoms with Crippen LogP contribution in [0.15, 0.2) is 53.6 Å². The molecular weight excluding hydrogens is 375 g/mol. The molecule has 0 atom stereocenters. The maximum atomic E-state index is 12.5. The molecule has 0 aliphatic rings. The number of carbonyl (C=O) groups is 1. The Morgan fingerprint density at radius 1 is 0.962 bits per heavy atom. The zero-order valence-electron chi connectivity index (χ0n) is 14.0. The molecule has 0 aliphatic carbocycles. The molecule has 1 heterocycles. The van der Waals surface area contributed by atoms with Crippen LogP contribution in [-0.4, -0.2) is 27.0 Å². The lowest BCUT2D eigenvalue weighted by atomic mass is 10.2. The van der Waals surface area contributed by atoms with E-state index in [1.807, 2.05) is 13.8 Å². The number of nitrogens with zero attached hydrogens (tertiary/aromatic N) is 4. The van der Waals surface area contributed by atoms with Gasteiger partial charge in [-0.2, -0.15) is 0 Å². The van der Waals surface area contributed by atoms with Crippen molar-refractivity contribution in [2.24, 2.45) is 5.10 Å². The molecule has 0 fully saturated rings. The molecule has 0 bridgehead atoms. The van der Waals surface area contributed by atoms with Crippen LogP contribution in [0.4, 0.5) is 0 Å². The van der Waals surface area contributed by atoms with Crippen molar-refractivity contribution in [2.75, 3.05) is 0 Å². The zero-order chi connectivity index (χ0) is 18.7. The van der Waals surface area contributed by atoms with E-state index in [1.54, 1.807) is 48.5 Å². The van der Waals surface area contributed by atoms with Gasteiger partial charge < -0.3 is 4.74 Å². The van der Waals surface area contributed by atoms with Crippen molar-refractivity contribution in [1.82, 2.24) is 15.1 Å². The number of hydrogen-bond donors (Lipinski definition) is 0. The lowest BCUT2D eigenvalue weighted by Crippen LogP contribution is -2.16. The van der Waals surface area contributed by atoms with Gasteiger partial charge in [-0.3, -0.25) is 0 Å².